The molecule has 2 aromatic rings. The highest BCUT2D eigenvalue weighted by Crippen LogP contribution is 2.23. The maximum absolute atomic E-state index is 12.4. The van der Waals surface area contributed by atoms with Crippen molar-refractivity contribution in [3.05, 3.63) is 29.3 Å². The molecule has 0 radical (unpaired) electrons. The first-order chi connectivity index (χ1) is 11.6. The van der Waals surface area contributed by atoms with E-state index in [1.807, 2.05) is 30.6 Å². The number of nitrogens with zero attached hydrogens (tertiary/aromatic N) is 3. The van der Waals surface area contributed by atoms with Crippen LogP contribution in [0.1, 0.15) is 43.1 Å². The lowest BCUT2D eigenvalue weighted by atomic mass is 10.0. The number of carbonyl (C=O) groups excluding carboxylic acids is 1. The highest BCUT2D eigenvalue weighted by Gasteiger charge is 2.18. The van der Waals surface area contributed by atoms with Gasteiger partial charge >= 0.3 is 0 Å². The van der Waals surface area contributed by atoms with Crippen molar-refractivity contribution in [3.8, 4) is 10.6 Å². The van der Waals surface area contributed by atoms with Gasteiger partial charge in [-0.05, 0) is 50.2 Å². The van der Waals surface area contributed by atoms with E-state index in [0.717, 1.165) is 23.5 Å². The monoisotopic (exact) mass is 346 g/mol. The number of rotatable bonds is 6. The van der Waals surface area contributed by atoms with E-state index in [1.54, 1.807) is 16.0 Å². The number of nitrogens with one attached hydrogen (secondary N) is 1. The van der Waals surface area contributed by atoms with Crippen molar-refractivity contribution in [1.82, 2.24) is 20.0 Å². The molecule has 1 aliphatic heterocycles. The van der Waals surface area contributed by atoms with Crippen molar-refractivity contribution in [2.45, 2.75) is 38.6 Å². The molecule has 130 valence electrons. The fourth-order valence-corrected chi connectivity index (χ4v) is 3.97. The average molecular weight is 347 g/mol. The number of carbonyl (C=O) groups is 1. The number of piperidine rings is 1. The Morgan fingerprint density at radius 3 is 3.08 bits per heavy atom. The molecule has 1 fully saturated rings. The third-order valence-electron chi connectivity index (χ3n) is 4.73. The molecule has 1 atom stereocenters. The van der Waals surface area contributed by atoms with Gasteiger partial charge in [0.1, 0.15) is 11.4 Å². The van der Waals surface area contributed by atoms with Crippen molar-refractivity contribution >= 4 is 17.2 Å². The van der Waals surface area contributed by atoms with Gasteiger partial charge in [0.05, 0.1) is 4.88 Å². The third kappa shape index (κ3) is 4.05. The third-order valence-corrected chi connectivity index (χ3v) is 5.63. The summed E-state index contributed by atoms with van der Waals surface area (Å²) in [5, 5.41) is 9.49. The number of hydrogen-bond acceptors (Lipinski definition) is 4. The average Bonchev–Trinajstić information content (AvgIpc) is 3.22. The highest BCUT2D eigenvalue weighted by atomic mass is 32.1. The van der Waals surface area contributed by atoms with Crippen LogP contribution in [0, 0.1) is 0 Å². The van der Waals surface area contributed by atoms with Gasteiger partial charge in [-0.3, -0.25) is 9.48 Å². The summed E-state index contributed by atoms with van der Waals surface area (Å²) in [6.07, 6.45) is 4.94. The van der Waals surface area contributed by atoms with Crippen molar-refractivity contribution in [3.63, 3.8) is 0 Å². The van der Waals surface area contributed by atoms with Crippen LogP contribution in [0.2, 0.25) is 0 Å². The lowest BCUT2D eigenvalue weighted by Crippen LogP contribution is -2.39. The van der Waals surface area contributed by atoms with Crippen molar-refractivity contribution in [2.75, 3.05) is 19.6 Å². The molecule has 1 saturated heterocycles. The quantitative estimate of drug-likeness (QED) is 0.818. The summed E-state index contributed by atoms with van der Waals surface area (Å²) >= 11 is 1.63. The van der Waals surface area contributed by atoms with Gasteiger partial charge < -0.3 is 10.2 Å². The predicted octanol–water partition coefficient (Wildman–Crippen LogP) is 3.14. The van der Waals surface area contributed by atoms with Gasteiger partial charge in [-0.15, -0.1) is 11.3 Å². The lowest BCUT2D eigenvalue weighted by molar-refractivity contribution is 0.0939. The number of likely N-dealkylation sites (tertiary alicyclic amines) is 1. The summed E-state index contributed by atoms with van der Waals surface area (Å²) in [5.74, 6) is -0.0421. The number of thiophene rings is 1. The molecule has 5 nitrogen and oxygen atoms in total. The van der Waals surface area contributed by atoms with Gasteiger partial charge in [-0.1, -0.05) is 12.5 Å². The van der Waals surface area contributed by atoms with E-state index in [1.165, 1.54) is 25.8 Å². The van der Waals surface area contributed by atoms with Crippen LogP contribution in [0.3, 0.4) is 0 Å². The molecule has 3 rings (SSSR count). The van der Waals surface area contributed by atoms with E-state index in [-0.39, 0.29) is 5.91 Å². The van der Waals surface area contributed by atoms with Crippen LogP contribution in [0.15, 0.2) is 23.6 Å². The molecule has 0 spiro atoms. The molecule has 0 aliphatic carbocycles. The van der Waals surface area contributed by atoms with Gasteiger partial charge in [0.2, 0.25) is 0 Å². The van der Waals surface area contributed by atoms with Crippen LogP contribution in [-0.4, -0.2) is 46.3 Å². The van der Waals surface area contributed by atoms with Gasteiger partial charge in [0, 0.05) is 26.2 Å². The fraction of sp³-hybridized carbons (Fsp3) is 0.556. The molecule has 1 unspecified atom stereocenters. The minimum Gasteiger partial charge on any atom is -0.351 e. The summed E-state index contributed by atoms with van der Waals surface area (Å²) in [4.78, 5) is 16.0. The van der Waals surface area contributed by atoms with Crippen LogP contribution in [0.25, 0.3) is 10.6 Å². The zero-order chi connectivity index (χ0) is 16.9. The van der Waals surface area contributed by atoms with Crippen LogP contribution >= 0.6 is 11.3 Å². The van der Waals surface area contributed by atoms with E-state index < -0.39 is 0 Å². The number of aryl methyl sites for hydroxylation is 1. The highest BCUT2D eigenvalue weighted by molar-refractivity contribution is 7.13. The van der Waals surface area contributed by atoms with Gasteiger partial charge in [0.25, 0.3) is 5.91 Å². The summed E-state index contributed by atoms with van der Waals surface area (Å²) < 4.78 is 1.66. The number of hydrogen-bond donors (Lipinski definition) is 1. The van der Waals surface area contributed by atoms with Gasteiger partial charge in [-0.25, -0.2) is 0 Å². The Morgan fingerprint density at radius 1 is 1.46 bits per heavy atom. The van der Waals surface area contributed by atoms with Crippen LogP contribution < -0.4 is 5.32 Å². The van der Waals surface area contributed by atoms with E-state index >= 15 is 0 Å². The van der Waals surface area contributed by atoms with E-state index in [2.05, 4.69) is 22.2 Å². The Kier molecular flexibility index (Phi) is 5.68. The molecule has 1 amide bonds. The minimum atomic E-state index is -0.0421. The second kappa shape index (κ2) is 7.94. The maximum atomic E-state index is 12.4. The lowest BCUT2D eigenvalue weighted by Gasteiger charge is -2.33. The summed E-state index contributed by atoms with van der Waals surface area (Å²) in [6, 6.07) is 6.57. The summed E-state index contributed by atoms with van der Waals surface area (Å²) in [6.45, 7) is 5.27. The smallest absolute Gasteiger partial charge is 0.269 e. The molecular formula is C18H26N4OS. The molecule has 3 heterocycles. The van der Waals surface area contributed by atoms with Crippen molar-refractivity contribution < 1.29 is 4.79 Å². The Bertz CT molecular complexity index is 665. The predicted molar refractivity (Wildman–Crippen MR) is 98.4 cm³/mol. The van der Waals surface area contributed by atoms with Crippen molar-refractivity contribution in [2.24, 2.45) is 7.05 Å². The fourth-order valence-electron chi connectivity index (χ4n) is 3.29. The number of amides is 1. The molecule has 24 heavy (non-hydrogen) atoms. The molecular weight excluding hydrogens is 320 g/mol. The largest absolute Gasteiger partial charge is 0.351 e. The molecule has 0 bridgehead atoms. The molecule has 2 aromatic heterocycles. The first-order valence-corrected chi connectivity index (χ1v) is 9.63. The Labute approximate surface area is 147 Å². The second-order valence-electron chi connectivity index (χ2n) is 6.51. The Hall–Kier alpha value is -1.66. The van der Waals surface area contributed by atoms with Gasteiger partial charge in [0.15, 0.2) is 0 Å². The topological polar surface area (TPSA) is 50.2 Å². The molecule has 1 N–H and O–H groups in total. The summed E-state index contributed by atoms with van der Waals surface area (Å²) in [5.41, 5.74) is 1.48. The SMILES string of the molecule is CC1CCCCN1CCCNC(=O)c1cc(-c2cccs2)nn1C. The van der Waals surface area contributed by atoms with E-state index in [0.29, 0.717) is 18.3 Å². The van der Waals surface area contributed by atoms with Gasteiger partial charge in [-0.2, -0.15) is 5.10 Å². The van der Waals surface area contributed by atoms with Crippen molar-refractivity contribution in [1.29, 1.82) is 0 Å². The first-order valence-electron chi connectivity index (χ1n) is 8.75. The van der Waals surface area contributed by atoms with E-state index in [4.69, 9.17) is 0 Å². The zero-order valence-electron chi connectivity index (χ0n) is 14.5. The minimum absolute atomic E-state index is 0.0421. The zero-order valence-corrected chi connectivity index (χ0v) is 15.3. The van der Waals surface area contributed by atoms with Crippen LogP contribution in [-0.2, 0) is 7.05 Å². The molecule has 6 heteroatoms. The van der Waals surface area contributed by atoms with Crippen LogP contribution in [0.5, 0.6) is 0 Å². The Balaban J connectivity index is 1.48. The summed E-state index contributed by atoms with van der Waals surface area (Å²) in [7, 11) is 1.82. The number of aromatic nitrogens is 2. The Morgan fingerprint density at radius 2 is 2.33 bits per heavy atom. The van der Waals surface area contributed by atoms with Crippen LogP contribution in [0.4, 0.5) is 0 Å². The molecule has 0 aromatic carbocycles. The standard InChI is InChI=1S/C18H26N4OS/c1-14-7-3-4-10-22(14)11-6-9-19-18(23)16-13-15(20-21(16)2)17-8-5-12-24-17/h5,8,12-14H,3-4,6-7,9-11H2,1-2H3,(H,19,23). The second-order valence-corrected chi connectivity index (χ2v) is 7.45. The first kappa shape index (κ1) is 17.2. The molecule has 1 aliphatic rings. The van der Waals surface area contributed by atoms with E-state index in [9.17, 15) is 4.79 Å². The normalized spacial score (nSPS) is 18.7. The maximum Gasteiger partial charge on any atom is 0.269 e. The molecule has 0 saturated carbocycles.